The second kappa shape index (κ2) is 5.19. The Bertz CT molecular complexity index is 461. The lowest BCUT2D eigenvalue weighted by Crippen LogP contribution is -2.05. The minimum absolute atomic E-state index is 0.717. The van der Waals surface area contributed by atoms with Crippen LogP contribution in [0.4, 0.5) is 0 Å². The normalized spacial score (nSPS) is 10.8. The molecular formula is C15H20N2. The fraction of sp³-hybridized carbons (Fsp3) is 0.333. The summed E-state index contributed by atoms with van der Waals surface area (Å²) in [5.74, 6) is 0. The van der Waals surface area contributed by atoms with Gasteiger partial charge in [-0.3, -0.25) is 0 Å². The van der Waals surface area contributed by atoms with Gasteiger partial charge in [0.2, 0.25) is 0 Å². The maximum Gasteiger partial charge on any atom is 0.0475 e. The zero-order valence-electron chi connectivity index (χ0n) is 10.6. The van der Waals surface area contributed by atoms with Gasteiger partial charge in [-0.25, -0.2) is 0 Å². The molecule has 1 heterocycles. The molecule has 0 saturated carbocycles. The maximum atomic E-state index is 5.54. The Balaban J connectivity index is 2.14. The van der Waals surface area contributed by atoms with Crippen molar-refractivity contribution in [2.45, 2.75) is 26.8 Å². The Morgan fingerprint density at radius 1 is 0.882 bits per heavy atom. The van der Waals surface area contributed by atoms with Crippen LogP contribution >= 0.6 is 0 Å². The Labute approximate surface area is 103 Å². The van der Waals surface area contributed by atoms with E-state index in [1.54, 1.807) is 0 Å². The summed E-state index contributed by atoms with van der Waals surface area (Å²) in [5, 5.41) is 0. The molecule has 0 amide bonds. The van der Waals surface area contributed by atoms with Gasteiger partial charge in [0, 0.05) is 17.9 Å². The van der Waals surface area contributed by atoms with Crippen LogP contribution in [-0.2, 0) is 13.0 Å². The highest BCUT2D eigenvalue weighted by molar-refractivity contribution is 5.25. The molecule has 2 aromatic rings. The highest BCUT2D eigenvalue weighted by atomic mass is 15.0. The third kappa shape index (κ3) is 2.77. The summed E-state index contributed by atoms with van der Waals surface area (Å²) in [6.45, 7) is 5.97. The molecule has 0 aliphatic heterocycles. The van der Waals surface area contributed by atoms with Crippen molar-refractivity contribution < 1.29 is 0 Å². The van der Waals surface area contributed by atoms with Crippen molar-refractivity contribution in [2.24, 2.45) is 5.73 Å². The van der Waals surface area contributed by atoms with Crippen molar-refractivity contribution in [3.05, 3.63) is 58.9 Å². The molecule has 0 fully saturated rings. The summed E-state index contributed by atoms with van der Waals surface area (Å²) < 4.78 is 2.33. The number of aromatic nitrogens is 1. The average Bonchev–Trinajstić information content (AvgIpc) is 2.64. The summed E-state index contributed by atoms with van der Waals surface area (Å²) in [7, 11) is 0. The van der Waals surface area contributed by atoms with Crippen molar-refractivity contribution in [2.75, 3.05) is 6.54 Å². The highest BCUT2D eigenvalue weighted by Gasteiger charge is 2.02. The van der Waals surface area contributed by atoms with E-state index in [0.29, 0.717) is 0 Å². The van der Waals surface area contributed by atoms with Gasteiger partial charge >= 0.3 is 0 Å². The first-order chi connectivity index (χ1) is 8.20. The molecule has 0 bridgehead atoms. The van der Waals surface area contributed by atoms with Gasteiger partial charge in [-0.15, -0.1) is 0 Å². The fourth-order valence-electron chi connectivity index (χ4n) is 2.11. The summed E-state index contributed by atoms with van der Waals surface area (Å²) >= 11 is 0. The first-order valence-electron chi connectivity index (χ1n) is 6.11. The predicted octanol–water partition coefficient (Wildman–Crippen LogP) is 2.65. The van der Waals surface area contributed by atoms with Gasteiger partial charge in [-0.1, -0.05) is 24.3 Å². The molecule has 2 rings (SSSR count). The third-order valence-electron chi connectivity index (χ3n) is 3.21. The summed E-state index contributed by atoms with van der Waals surface area (Å²) in [6, 6.07) is 13.1. The number of aryl methyl sites for hydroxylation is 2. The smallest absolute Gasteiger partial charge is 0.0475 e. The summed E-state index contributed by atoms with van der Waals surface area (Å²) in [5.41, 5.74) is 10.8. The second-order valence-electron chi connectivity index (χ2n) is 4.56. The van der Waals surface area contributed by atoms with E-state index in [4.69, 9.17) is 5.73 Å². The Kier molecular flexibility index (Phi) is 3.64. The van der Waals surface area contributed by atoms with Crippen LogP contribution in [-0.4, -0.2) is 11.1 Å². The van der Waals surface area contributed by atoms with Gasteiger partial charge in [-0.2, -0.15) is 0 Å². The molecule has 0 spiro atoms. The molecule has 17 heavy (non-hydrogen) atoms. The van der Waals surface area contributed by atoms with Gasteiger partial charge in [0.15, 0.2) is 0 Å². The Morgan fingerprint density at radius 2 is 1.41 bits per heavy atom. The van der Waals surface area contributed by atoms with Gasteiger partial charge in [0.05, 0.1) is 0 Å². The topological polar surface area (TPSA) is 30.9 Å². The second-order valence-corrected chi connectivity index (χ2v) is 4.56. The van der Waals surface area contributed by atoms with E-state index in [1.807, 2.05) is 0 Å². The molecule has 2 heteroatoms. The number of rotatable bonds is 4. The van der Waals surface area contributed by atoms with Crippen molar-refractivity contribution in [3.63, 3.8) is 0 Å². The SMILES string of the molecule is Cc1ccc(C)n1Cc1ccc(CCN)cc1. The minimum atomic E-state index is 0.717. The van der Waals surface area contributed by atoms with E-state index < -0.39 is 0 Å². The Hall–Kier alpha value is -1.54. The summed E-state index contributed by atoms with van der Waals surface area (Å²) in [6.07, 6.45) is 0.960. The van der Waals surface area contributed by atoms with E-state index in [-0.39, 0.29) is 0 Å². The lowest BCUT2D eigenvalue weighted by molar-refractivity contribution is 0.749. The molecule has 0 atom stereocenters. The number of hydrogen-bond acceptors (Lipinski definition) is 1. The van der Waals surface area contributed by atoms with Gasteiger partial charge in [0.25, 0.3) is 0 Å². The molecule has 90 valence electrons. The van der Waals surface area contributed by atoms with Crippen molar-refractivity contribution in [3.8, 4) is 0 Å². The fourth-order valence-corrected chi connectivity index (χ4v) is 2.11. The van der Waals surface area contributed by atoms with E-state index in [0.717, 1.165) is 19.5 Å². The molecule has 1 aromatic carbocycles. The van der Waals surface area contributed by atoms with E-state index in [2.05, 4.69) is 54.8 Å². The van der Waals surface area contributed by atoms with Crippen molar-refractivity contribution >= 4 is 0 Å². The zero-order chi connectivity index (χ0) is 12.3. The number of hydrogen-bond donors (Lipinski definition) is 1. The third-order valence-corrected chi connectivity index (χ3v) is 3.21. The number of nitrogens with two attached hydrogens (primary N) is 1. The lowest BCUT2D eigenvalue weighted by atomic mass is 10.1. The van der Waals surface area contributed by atoms with Crippen LogP contribution in [0.3, 0.4) is 0 Å². The van der Waals surface area contributed by atoms with Crippen LogP contribution in [0.15, 0.2) is 36.4 Å². The van der Waals surface area contributed by atoms with Gasteiger partial charge in [0.1, 0.15) is 0 Å². The first-order valence-corrected chi connectivity index (χ1v) is 6.11. The zero-order valence-corrected chi connectivity index (χ0v) is 10.6. The van der Waals surface area contributed by atoms with Gasteiger partial charge in [-0.05, 0) is 50.1 Å². The van der Waals surface area contributed by atoms with E-state index >= 15 is 0 Å². The Morgan fingerprint density at radius 3 is 1.94 bits per heavy atom. The van der Waals surface area contributed by atoms with E-state index in [9.17, 15) is 0 Å². The minimum Gasteiger partial charge on any atom is -0.345 e. The lowest BCUT2D eigenvalue weighted by Gasteiger charge is -2.10. The molecule has 0 saturated heterocycles. The molecule has 0 unspecified atom stereocenters. The number of benzene rings is 1. The van der Waals surface area contributed by atoms with E-state index in [1.165, 1.54) is 22.5 Å². The molecular weight excluding hydrogens is 208 g/mol. The number of nitrogens with zero attached hydrogens (tertiary/aromatic N) is 1. The highest BCUT2D eigenvalue weighted by Crippen LogP contribution is 2.12. The molecule has 2 nitrogen and oxygen atoms in total. The van der Waals surface area contributed by atoms with Crippen LogP contribution in [0.1, 0.15) is 22.5 Å². The van der Waals surface area contributed by atoms with Gasteiger partial charge < -0.3 is 10.3 Å². The standard InChI is InChI=1S/C15H20N2/c1-12-3-4-13(2)17(12)11-15-7-5-14(6-8-15)9-10-16/h3-8H,9-11,16H2,1-2H3. The monoisotopic (exact) mass is 228 g/mol. The molecule has 0 aliphatic rings. The maximum absolute atomic E-state index is 5.54. The largest absolute Gasteiger partial charge is 0.345 e. The van der Waals surface area contributed by atoms with Crippen LogP contribution < -0.4 is 5.73 Å². The van der Waals surface area contributed by atoms with Crippen LogP contribution in [0, 0.1) is 13.8 Å². The molecule has 0 aliphatic carbocycles. The average molecular weight is 228 g/mol. The first kappa shape index (κ1) is 11.9. The van der Waals surface area contributed by atoms with Crippen LogP contribution in [0.25, 0.3) is 0 Å². The quantitative estimate of drug-likeness (QED) is 0.857. The predicted molar refractivity (Wildman–Crippen MR) is 72.2 cm³/mol. The molecule has 0 radical (unpaired) electrons. The summed E-state index contributed by atoms with van der Waals surface area (Å²) in [4.78, 5) is 0. The van der Waals surface area contributed by atoms with Crippen LogP contribution in [0.2, 0.25) is 0 Å². The molecule has 2 N–H and O–H groups in total. The van der Waals surface area contributed by atoms with Crippen LogP contribution in [0.5, 0.6) is 0 Å². The molecule has 1 aromatic heterocycles. The van der Waals surface area contributed by atoms with Crippen molar-refractivity contribution in [1.29, 1.82) is 0 Å². The van der Waals surface area contributed by atoms with Crippen molar-refractivity contribution in [1.82, 2.24) is 4.57 Å².